The maximum atomic E-state index is 13.0. The lowest BCUT2D eigenvalue weighted by atomic mass is 9.96. The molecule has 3 rings (SSSR count). The predicted octanol–water partition coefficient (Wildman–Crippen LogP) is 3.10. The number of nitrogens with one attached hydrogen (secondary N) is 1. The molecule has 1 fully saturated rings. The van der Waals surface area contributed by atoms with Crippen LogP contribution >= 0.6 is 0 Å². The lowest BCUT2D eigenvalue weighted by Gasteiger charge is -2.31. The maximum absolute atomic E-state index is 13.0. The van der Waals surface area contributed by atoms with Crippen molar-refractivity contribution >= 4 is 11.8 Å². The van der Waals surface area contributed by atoms with Crippen molar-refractivity contribution in [2.24, 2.45) is 5.92 Å². The van der Waals surface area contributed by atoms with Gasteiger partial charge in [-0.25, -0.2) is 9.18 Å². The van der Waals surface area contributed by atoms with Crippen LogP contribution in [0.25, 0.3) is 0 Å². The molecular weight excluding hydrogens is 411 g/mol. The number of aromatic nitrogens is 1. The number of hydrogen-bond acceptors (Lipinski definition) is 5. The van der Waals surface area contributed by atoms with E-state index in [0.29, 0.717) is 37.7 Å². The van der Waals surface area contributed by atoms with Gasteiger partial charge in [-0.2, -0.15) is 0 Å². The number of hydrogen-bond donors (Lipinski definition) is 1. The first-order valence-corrected chi connectivity index (χ1v) is 10.9. The lowest BCUT2D eigenvalue weighted by molar-refractivity contribution is 0.0896. The topological polar surface area (TPSA) is 74.8 Å². The standard InChI is InChI=1S/C24H31FN4O3/c1-28(15-19-3-8-22(17-32-2)26-14-19)24(31)27-13-18-9-11-29(12-10-18)16-23(30)20-4-6-21(25)7-5-20/h3-8,14,18H,9-13,15-17H2,1-2H3,(H,27,31). The Hall–Kier alpha value is -2.84. The van der Waals surface area contributed by atoms with Crippen LogP contribution in [-0.2, 0) is 17.9 Å². The van der Waals surface area contributed by atoms with Crippen molar-refractivity contribution in [3.8, 4) is 0 Å². The molecule has 1 aromatic carbocycles. The molecule has 2 aromatic rings. The minimum Gasteiger partial charge on any atom is -0.378 e. The van der Waals surface area contributed by atoms with Gasteiger partial charge in [0, 0.05) is 39.0 Å². The van der Waals surface area contributed by atoms with Gasteiger partial charge in [-0.1, -0.05) is 6.07 Å². The molecule has 1 aromatic heterocycles. The van der Waals surface area contributed by atoms with Gasteiger partial charge in [0.2, 0.25) is 0 Å². The average molecular weight is 443 g/mol. The van der Waals surface area contributed by atoms with E-state index in [0.717, 1.165) is 37.2 Å². The van der Waals surface area contributed by atoms with Gasteiger partial charge in [0.25, 0.3) is 0 Å². The highest BCUT2D eigenvalue weighted by atomic mass is 19.1. The van der Waals surface area contributed by atoms with Crippen LogP contribution in [0.1, 0.15) is 34.5 Å². The molecule has 1 N–H and O–H groups in total. The number of urea groups is 1. The van der Waals surface area contributed by atoms with Gasteiger partial charge in [-0.3, -0.25) is 14.7 Å². The normalized spacial score (nSPS) is 14.8. The first kappa shape index (κ1) is 23.8. The molecule has 7 nitrogen and oxygen atoms in total. The van der Waals surface area contributed by atoms with E-state index in [4.69, 9.17) is 4.74 Å². The fraction of sp³-hybridized carbons (Fsp3) is 0.458. The summed E-state index contributed by atoms with van der Waals surface area (Å²) in [6, 6.07) is 9.42. The SMILES string of the molecule is COCc1ccc(CN(C)C(=O)NCC2CCN(CC(=O)c3ccc(F)cc3)CC2)cn1. The molecule has 2 heterocycles. The van der Waals surface area contributed by atoms with Crippen molar-refractivity contribution < 1.29 is 18.7 Å². The Morgan fingerprint density at radius 3 is 2.53 bits per heavy atom. The molecule has 8 heteroatoms. The van der Waals surface area contributed by atoms with Gasteiger partial charge in [0.15, 0.2) is 5.78 Å². The number of ketones is 1. The Balaban J connectivity index is 1.36. The third-order valence-corrected chi connectivity index (χ3v) is 5.73. The molecule has 1 saturated heterocycles. The second kappa shape index (κ2) is 11.7. The van der Waals surface area contributed by atoms with E-state index >= 15 is 0 Å². The first-order valence-electron chi connectivity index (χ1n) is 10.9. The molecule has 0 unspecified atom stereocenters. The molecule has 0 spiro atoms. The van der Waals surface area contributed by atoms with E-state index in [2.05, 4.69) is 15.2 Å². The molecule has 0 radical (unpaired) electrons. The number of piperidine rings is 1. The highest BCUT2D eigenvalue weighted by Gasteiger charge is 2.22. The minimum atomic E-state index is -0.341. The smallest absolute Gasteiger partial charge is 0.317 e. The molecule has 1 aliphatic rings. The summed E-state index contributed by atoms with van der Waals surface area (Å²) in [5.41, 5.74) is 2.35. The molecule has 0 saturated carbocycles. The Bertz CT molecular complexity index is 881. The van der Waals surface area contributed by atoms with E-state index in [1.54, 1.807) is 25.3 Å². The van der Waals surface area contributed by atoms with Crippen LogP contribution in [0.3, 0.4) is 0 Å². The minimum absolute atomic E-state index is 0.00289. The highest BCUT2D eigenvalue weighted by Crippen LogP contribution is 2.17. The quantitative estimate of drug-likeness (QED) is 0.604. The third kappa shape index (κ3) is 7.10. The van der Waals surface area contributed by atoms with E-state index in [1.165, 1.54) is 24.3 Å². The number of methoxy groups -OCH3 is 1. The summed E-state index contributed by atoms with van der Waals surface area (Å²) in [5.74, 6) is 0.0503. The number of Topliss-reactive ketones (excluding diaryl/α,β-unsaturated/α-hetero) is 1. The average Bonchev–Trinajstić information content (AvgIpc) is 2.80. The number of amides is 2. The Labute approximate surface area is 188 Å². The van der Waals surface area contributed by atoms with Crippen molar-refractivity contribution in [1.82, 2.24) is 20.1 Å². The zero-order chi connectivity index (χ0) is 22.9. The van der Waals surface area contributed by atoms with Gasteiger partial charge >= 0.3 is 6.03 Å². The number of benzene rings is 1. The number of ether oxygens (including phenoxy) is 1. The van der Waals surface area contributed by atoms with Gasteiger partial charge < -0.3 is 15.0 Å². The van der Waals surface area contributed by atoms with Gasteiger partial charge in [0.05, 0.1) is 18.8 Å². The molecule has 32 heavy (non-hydrogen) atoms. The Kier molecular flexibility index (Phi) is 8.70. The summed E-state index contributed by atoms with van der Waals surface area (Å²) < 4.78 is 18.1. The van der Waals surface area contributed by atoms with Crippen molar-refractivity contribution in [3.05, 3.63) is 65.2 Å². The highest BCUT2D eigenvalue weighted by molar-refractivity contribution is 5.97. The lowest BCUT2D eigenvalue weighted by Crippen LogP contribution is -2.43. The van der Waals surface area contributed by atoms with Crippen molar-refractivity contribution in [3.63, 3.8) is 0 Å². The van der Waals surface area contributed by atoms with E-state index in [-0.39, 0.29) is 17.6 Å². The van der Waals surface area contributed by atoms with Crippen LogP contribution in [-0.4, -0.2) is 66.9 Å². The number of nitrogens with zero attached hydrogens (tertiary/aromatic N) is 3. The number of halogens is 1. The number of pyridine rings is 1. The fourth-order valence-corrected chi connectivity index (χ4v) is 3.77. The molecular formula is C24H31FN4O3. The monoisotopic (exact) mass is 442 g/mol. The van der Waals surface area contributed by atoms with E-state index in [1.807, 2.05) is 12.1 Å². The van der Waals surface area contributed by atoms with Crippen LogP contribution in [0.4, 0.5) is 9.18 Å². The zero-order valence-electron chi connectivity index (χ0n) is 18.7. The Morgan fingerprint density at radius 1 is 1.19 bits per heavy atom. The number of rotatable bonds is 9. The summed E-state index contributed by atoms with van der Waals surface area (Å²) in [5, 5.41) is 3.02. The third-order valence-electron chi connectivity index (χ3n) is 5.73. The second-order valence-corrected chi connectivity index (χ2v) is 8.28. The summed E-state index contributed by atoms with van der Waals surface area (Å²) in [4.78, 5) is 32.9. The van der Waals surface area contributed by atoms with Gasteiger partial charge in [-0.15, -0.1) is 0 Å². The zero-order valence-corrected chi connectivity index (χ0v) is 18.7. The second-order valence-electron chi connectivity index (χ2n) is 8.28. The van der Waals surface area contributed by atoms with E-state index < -0.39 is 0 Å². The van der Waals surface area contributed by atoms with Crippen molar-refractivity contribution in [2.75, 3.05) is 40.3 Å². The van der Waals surface area contributed by atoms with Gasteiger partial charge in [0.1, 0.15) is 5.82 Å². The number of carbonyl (C=O) groups is 2. The molecule has 172 valence electrons. The summed E-state index contributed by atoms with van der Waals surface area (Å²) in [7, 11) is 3.40. The van der Waals surface area contributed by atoms with Crippen LogP contribution in [0, 0.1) is 11.7 Å². The molecule has 1 aliphatic heterocycles. The van der Waals surface area contributed by atoms with E-state index in [9.17, 15) is 14.0 Å². The van der Waals surface area contributed by atoms with Crippen LogP contribution < -0.4 is 5.32 Å². The summed E-state index contributed by atoms with van der Waals surface area (Å²) in [6.07, 6.45) is 3.61. The molecule has 0 bridgehead atoms. The van der Waals surface area contributed by atoms with Gasteiger partial charge in [-0.05, 0) is 67.7 Å². The summed E-state index contributed by atoms with van der Waals surface area (Å²) in [6.45, 7) is 3.52. The molecule has 2 amide bonds. The molecule has 0 aliphatic carbocycles. The summed E-state index contributed by atoms with van der Waals surface area (Å²) >= 11 is 0. The number of carbonyl (C=O) groups excluding carboxylic acids is 2. The van der Waals surface area contributed by atoms with Crippen LogP contribution in [0.15, 0.2) is 42.6 Å². The number of likely N-dealkylation sites (tertiary alicyclic amines) is 1. The predicted molar refractivity (Wildman–Crippen MR) is 120 cm³/mol. The first-order chi connectivity index (χ1) is 15.4. The maximum Gasteiger partial charge on any atom is 0.317 e. The van der Waals surface area contributed by atoms with Crippen LogP contribution in [0.5, 0.6) is 0 Å². The van der Waals surface area contributed by atoms with Crippen LogP contribution in [0.2, 0.25) is 0 Å². The Morgan fingerprint density at radius 2 is 1.91 bits per heavy atom. The fourth-order valence-electron chi connectivity index (χ4n) is 3.77. The molecule has 0 atom stereocenters. The largest absolute Gasteiger partial charge is 0.378 e. The van der Waals surface area contributed by atoms with Crippen molar-refractivity contribution in [1.29, 1.82) is 0 Å². The van der Waals surface area contributed by atoms with Crippen molar-refractivity contribution in [2.45, 2.75) is 26.0 Å².